The van der Waals surface area contributed by atoms with E-state index in [0.717, 1.165) is 0 Å². The third kappa shape index (κ3) is 5.82. The van der Waals surface area contributed by atoms with Crippen LogP contribution in [0.25, 0.3) is 11.1 Å². The molecule has 31 heavy (non-hydrogen) atoms. The Balaban J connectivity index is 2.58. The van der Waals surface area contributed by atoms with Crippen molar-refractivity contribution in [3.05, 3.63) is 28.5 Å². The Morgan fingerprint density at radius 2 is 1.84 bits per heavy atom. The molecule has 0 aliphatic carbocycles. The van der Waals surface area contributed by atoms with Gasteiger partial charge in [0.05, 0.1) is 38.7 Å². The van der Waals surface area contributed by atoms with Gasteiger partial charge in [-0.25, -0.2) is 4.79 Å². The second kappa shape index (κ2) is 10.7. The van der Waals surface area contributed by atoms with Crippen molar-refractivity contribution < 1.29 is 36.7 Å². The van der Waals surface area contributed by atoms with Crippen molar-refractivity contribution in [3.63, 3.8) is 0 Å². The number of carbonyl (C=O) groups is 1. The minimum atomic E-state index is -4.12. The second-order valence-electron chi connectivity index (χ2n) is 6.23. The molecule has 1 heterocycles. The summed E-state index contributed by atoms with van der Waals surface area (Å²) >= 11 is 6.55. The molecule has 1 aromatic carbocycles. The van der Waals surface area contributed by atoms with Gasteiger partial charge in [0.25, 0.3) is 10.1 Å². The number of H-pyrrole nitrogens is 1. The van der Waals surface area contributed by atoms with E-state index in [4.69, 9.17) is 35.1 Å². The summed E-state index contributed by atoms with van der Waals surface area (Å²) in [7, 11) is 0.293. The highest BCUT2D eigenvalue weighted by Gasteiger charge is 2.27. The summed E-state index contributed by atoms with van der Waals surface area (Å²) in [5, 5.41) is 3.00. The number of nitrogens with one attached hydrogen (secondary N) is 2. The number of ether oxygens (including phenoxy) is 4. The molecule has 12 heteroatoms. The molecule has 0 unspecified atom stereocenters. The maximum atomic E-state index is 12.4. The zero-order valence-corrected chi connectivity index (χ0v) is 19.1. The highest BCUT2D eigenvalue weighted by atomic mass is 35.5. The van der Waals surface area contributed by atoms with Crippen molar-refractivity contribution in [2.45, 2.75) is 13.5 Å². The predicted molar refractivity (Wildman–Crippen MR) is 115 cm³/mol. The molecule has 2 rings (SSSR count). The molecule has 0 amide bonds. The molecular formula is C19H25ClN2O8S. The number of carbonyl (C=O) groups excluding carboxylic acids is 1. The van der Waals surface area contributed by atoms with Gasteiger partial charge in [0, 0.05) is 29.9 Å². The summed E-state index contributed by atoms with van der Waals surface area (Å²) in [6.45, 7) is 1.92. The summed E-state index contributed by atoms with van der Waals surface area (Å²) in [5.74, 6) is -0.00747. The Labute approximate surface area is 185 Å². The van der Waals surface area contributed by atoms with Crippen molar-refractivity contribution in [2.24, 2.45) is 0 Å². The quantitative estimate of drug-likeness (QED) is 0.254. The lowest BCUT2D eigenvalue weighted by Crippen LogP contribution is -2.22. The van der Waals surface area contributed by atoms with Crippen LogP contribution in [0.15, 0.2) is 12.1 Å². The summed E-state index contributed by atoms with van der Waals surface area (Å²) in [5.41, 5.74) is 1.49. The number of benzene rings is 1. The molecule has 172 valence electrons. The maximum Gasteiger partial charge on any atom is 0.356 e. The number of aromatic amines is 1. The molecule has 0 aliphatic rings. The van der Waals surface area contributed by atoms with Crippen LogP contribution >= 0.6 is 11.6 Å². The fourth-order valence-electron chi connectivity index (χ4n) is 3.00. The number of hydrogen-bond acceptors (Lipinski definition) is 8. The van der Waals surface area contributed by atoms with Gasteiger partial charge in [0.2, 0.25) is 5.75 Å². The van der Waals surface area contributed by atoms with E-state index in [-0.39, 0.29) is 30.4 Å². The van der Waals surface area contributed by atoms with E-state index in [9.17, 15) is 13.2 Å². The van der Waals surface area contributed by atoms with Crippen LogP contribution in [0.2, 0.25) is 5.02 Å². The average Bonchev–Trinajstić information content (AvgIpc) is 3.05. The third-order valence-electron chi connectivity index (χ3n) is 4.31. The van der Waals surface area contributed by atoms with E-state index < -0.39 is 21.8 Å². The van der Waals surface area contributed by atoms with E-state index in [1.54, 1.807) is 19.1 Å². The largest absolute Gasteiger partial charge is 0.493 e. The molecule has 0 bridgehead atoms. The van der Waals surface area contributed by atoms with Crippen LogP contribution < -0.4 is 19.5 Å². The summed E-state index contributed by atoms with van der Waals surface area (Å²) in [4.78, 5) is 15.3. The van der Waals surface area contributed by atoms with Gasteiger partial charge in [-0.15, -0.1) is 0 Å². The molecule has 0 saturated carbocycles. The van der Waals surface area contributed by atoms with Crippen LogP contribution in [0.1, 0.15) is 23.1 Å². The lowest BCUT2D eigenvalue weighted by Gasteiger charge is -2.16. The molecule has 0 aliphatic heterocycles. The molecule has 0 radical (unpaired) electrons. The minimum Gasteiger partial charge on any atom is -0.493 e. The Hall–Kier alpha value is -2.47. The lowest BCUT2D eigenvalue weighted by molar-refractivity contribution is 0.0520. The van der Waals surface area contributed by atoms with E-state index in [2.05, 4.69) is 10.3 Å². The average molecular weight is 477 g/mol. The molecular weight excluding hydrogens is 452 g/mol. The number of halogens is 1. The van der Waals surface area contributed by atoms with Crippen molar-refractivity contribution in [3.8, 4) is 28.4 Å². The van der Waals surface area contributed by atoms with E-state index in [1.807, 2.05) is 0 Å². The Morgan fingerprint density at radius 1 is 1.16 bits per heavy atom. The molecule has 0 atom stereocenters. The number of methoxy groups -OCH3 is 3. The summed E-state index contributed by atoms with van der Waals surface area (Å²) in [6, 6.07) is 3.37. The van der Waals surface area contributed by atoms with Crippen molar-refractivity contribution in [2.75, 3.05) is 40.2 Å². The first kappa shape index (κ1) is 24.8. The first-order chi connectivity index (χ1) is 14.7. The fraction of sp³-hybridized carbons (Fsp3) is 0.421. The van der Waals surface area contributed by atoms with Gasteiger partial charge in [-0.1, -0.05) is 11.6 Å². The maximum absolute atomic E-state index is 12.4. The summed E-state index contributed by atoms with van der Waals surface area (Å²) < 4.78 is 52.1. The van der Waals surface area contributed by atoms with Gasteiger partial charge in [0.1, 0.15) is 5.69 Å². The van der Waals surface area contributed by atoms with Gasteiger partial charge >= 0.3 is 5.97 Å². The standard InChI is InChI=1S/C19H25ClN2O8S/c1-5-30-19(23)16-15(20)14(12(22-16)10-21-8-9-31(24,25)26)11-6-7-13(27-2)18(29-4)17(11)28-3/h6-7,21-22H,5,8-10H2,1-4H3,(H,24,25,26). The van der Waals surface area contributed by atoms with E-state index in [1.165, 1.54) is 21.3 Å². The summed E-state index contributed by atoms with van der Waals surface area (Å²) in [6.07, 6.45) is 0. The highest BCUT2D eigenvalue weighted by Crippen LogP contribution is 2.47. The number of hydrogen-bond donors (Lipinski definition) is 3. The second-order valence-corrected chi connectivity index (χ2v) is 8.18. The molecule has 3 N–H and O–H groups in total. The predicted octanol–water partition coefficient (Wildman–Crippen LogP) is 2.52. The topological polar surface area (TPSA) is 136 Å². The van der Waals surface area contributed by atoms with Crippen LogP contribution in [-0.2, 0) is 21.4 Å². The van der Waals surface area contributed by atoms with Crippen molar-refractivity contribution >= 4 is 27.7 Å². The van der Waals surface area contributed by atoms with Gasteiger partial charge in [-0.2, -0.15) is 8.42 Å². The van der Waals surface area contributed by atoms with Crippen LogP contribution in [0.4, 0.5) is 0 Å². The molecule has 2 aromatic rings. The Bertz CT molecular complexity index is 1040. The molecule has 1 aromatic heterocycles. The van der Waals surface area contributed by atoms with Crippen LogP contribution in [0.3, 0.4) is 0 Å². The van der Waals surface area contributed by atoms with Crippen LogP contribution in [0, 0.1) is 0 Å². The molecule has 0 saturated heterocycles. The highest BCUT2D eigenvalue weighted by molar-refractivity contribution is 7.85. The van der Waals surface area contributed by atoms with Gasteiger partial charge < -0.3 is 29.2 Å². The van der Waals surface area contributed by atoms with Crippen LogP contribution in [0.5, 0.6) is 17.2 Å². The minimum absolute atomic E-state index is 0.0211. The molecule has 0 spiro atoms. The first-order valence-electron chi connectivity index (χ1n) is 9.21. The number of aromatic nitrogens is 1. The van der Waals surface area contributed by atoms with Crippen molar-refractivity contribution in [1.82, 2.24) is 10.3 Å². The third-order valence-corrected chi connectivity index (χ3v) is 5.41. The fourth-order valence-corrected chi connectivity index (χ4v) is 3.74. The zero-order chi connectivity index (χ0) is 23.2. The number of esters is 1. The Morgan fingerprint density at radius 3 is 2.39 bits per heavy atom. The molecule has 0 fully saturated rings. The molecule has 10 nitrogen and oxygen atoms in total. The van der Waals surface area contributed by atoms with Gasteiger partial charge in [-0.3, -0.25) is 4.55 Å². The number of rotatable bonds is 11. The zero-order valence-electron chi connectivity index (χ0n) is 17.6. The first-order valence-corrected chi connectivity index (χ1v) is 11.2. The smallest absolute Gasteiger partial charge is 0.356 e. The van der Waals surface area contributed by atoms with E-state index in [0.29, 0.717) is 34.1 Å². The Kier molecular flexibility index (Phi) is 8.57. The van der Waals surface area contributed by atoms with Gasteiger partial charge in [0.15, 0.2) is 11.5 Å². The van der Waals surface area contributed by atoms with Crippen LogP contribution in [-0.4, -0.2) is 64.2 Å². The normalized spacial score (nSPS) is 11.3. The lowest BCUT2D eigenvalue weighted by atomic mass is 10.0. The van der Waals surface area contributed by atoms with Crippen molar-refractivity contribution in [1.29, 1.82) is 0 Å². The van der Waals surface area contributed by atoms with E-state index >= 15 is 0 Å². The van der Waals surface area contributed by atoms with Gasteiger partial charge in [-0.05, 0) is 19.1 Å². The monoisotopic (exact) mass is 476 g/mol. The SMILES string of the molecule is CCOC(=O)c1[nH]c(CNCCS(=O)(=O)O)c(-c2ccc(OC)c(OC)c2OC)c1Cl.